The minimum atomic E-state index is 0.840. The minimum Gasteiger partial charge on any atom is -0.292 e. The van der Waals surface area contributed by atoms with Gasteiger partial charge in [0.05, 0.1) is 22.1 Å². The Hall–Kier alpha value is -6.32. The first-order chi connectivity index (χ1) is 23.3. The molecule has 0 radical (unpaired) electrons. The molecular weight excluding hydrogens is 571 g/mol. The van der Waals surface area contributed by atoms with E-state index >= 15 is 0 Å². The van der Waals surface area contributed by atoms with Gasteiger partial charge in [-0.05, 0) is 67.9 Å². The highest BCUT2D eigenvalue weighted by Gasteiger charge is 2.28. The van der Waals surface area contributed by atoms with Gasteiger partial charge in [0, 0.05) is 27.3 Å². The van der Waals surface area contributed by atoms with Crippen molar-refractivity contribution in [1.29, 1.82) is 0 Å². The van der Waals surface area contributed by atoms with E-state index in [1.807, 2.05) is 12.1 Å². The van der Waals surface area contributed by atoms with Crippen molar-refractivity contribution in [3.63, 3.8) is 0 Å². The number of aromatic nitrogens is 3. The van der Waals surface area contributed by atoms with Crippen molar-refractivity contribution in [2.45, 2.75) is 0 Å². The van der Waals surface area contributed by atoms with Crippen LogP contribution in [0.1, 0.15) is 0 Å². The molecule has 0 aliphatic heterocycles. The van der Waals surface area contributed by atoms with E-state index in [1.54, 1.807) is 0 Å². The predicted molar refractivity (Wildman–Crippen MR) is 196 cm³/mol. The summed E-state index contributed by atoms with van der Waals surface area (Å²) in [5.41, 5.74) is 10.9. The second-order valence-corrected chi connectivity index (χ2v) is 12.5. The molecule has 0 fully saturated rings. The molecule has 0 amide bonds. The van der Waals surface area contributed by atoms with Gasteiger partial charge in [0.25, 0.3) is 0 Å². The molecule has 47 heavy (non-hydrogen) atoms. The molecule has 1 aliphatic carbocycles. The summed E-state index contributed by atoms with van der Waals surface area (Å²) in [4.78, 5) is 10.7. The van der Waals surface area contributed by atoms with Crippen molar-refractivity contribution in [1.82, 2.24) is 14.5 Å². The lowest BCUT2D eigenvalue weighted by atomic mass is 9.88. The molecule has 3 nitrogen and oxygen atoms in total. The van der Waals surface area contributed by atoms with E-state index in [0.29, 0.717) is 0 Å². The molecule has 0 saturated heterocycles. The molecular formula is C44H25N3. The smallest absolute Gasteiger partial charge is 0.165 e. The minimum absolute atomic E-state index is 0.840. The molecule has 0 unspecified atom stereocenters. The molecule has 0 spiro atoms. The number of benzene rings is 8. The van der Waals surface area contributed by atoms with E-state index in [1.165, 1.54) is 65.3 Å². The number of nitrogens with zero attached hydrogens (tertiary/aromatic N) is 3. The van der Waals surface area contributed by atoms with Crippen molar-refractivity contribution < 1.29 is 0 Å². The Morgan fingerprint density at radius 3 is 1.68 bits per heavy atom. The second-order valence-electron chi connectivity index (χ2n) is 12.5. The maximum Gasteiger partial charge on any atom is 0.165 e. The maximum absolute atomic E-state index is 5.40. The van der Waals surface area contributed by atoms with E-state index in [-0.39, 0.29) is 0 Å². The van der Waals surface area contributed by atoms with Crippen LogP contribution in [0.5, 0.6) is 0 Å². The third kappa shape index (κ3) is 3.30. The molecule has 0 saturated carbocycles. The molecule has 0 N–H and O–H groups in total. The van der Waals surface area contributed by atoms with Gasteiger partial charge in [0.2, 0.25) is 0 Å². The van der Waals surface area contributed by atoms with Crippen molar-refractivity contribution in [3.8, 4) is 39.3 Å². The van der Waals surface area contributed by atoms with Crippen LogP contribution in [0, 0.1) is 0 Å². The van der Waals surface area contributed by atoms with Crippen LogP contribution in [-0.4, -0.2) is 14.5 Å². The van der Waals surface area contributed by atoms with Crippen LogP contribution in [0.2, 0.25) is 0 Å². The van der Waals surface area contributed by atoms with E-state index in [9.17, 15) is 0 Å². The lowest BCUT2D eigenvalue weighted by molar-refractivity contribution is 1.08. The molecule has 1 aliphatic rings. The van der Waals surface area contributed by atoms with Gasteiger partial charge in [-0.2, -0.15) is 0 Å². The van der Waals surface area contributed by atoms with Crippen LogP contribution in [-0.2, 0) is 0 Å². The van der Waals surface area contributed by atoms with Gasteiger partial charge in [-0.3, -0.25) is 4.57 Å². The molecule has 216 valence electrons. The standard InChI is InChI=1S/C44H25N3/c1-3-10-26(11-4-1)31-23-25-36-42-40(31)32-15-9-14-27-18-19-28-20-21-29-22-24-35(41(42)39(29)38(28)37(27)32)47(36)44-43(30-12-5-2-6-13-30)45-33-16-7-8-17-34(33)46-44/h1-25H. The lowest BCUT2D eigenvalue weighted by Gasteiger charge is -2.17. The van der Waals surface area contributed by atoms with E-state index < -0.39 is 0 Å². The Morgan fingerprint density at radius 2 is 0.936 bits per heavy atom. The average molecular weight is 596 g/mol. The largest absolute Gasteiger partial charge is 0.292 e. The third-order valence-electron chi connectivity index (χ3n) is 10.1. The Labute approximate surface area is 270 Å². The maximum atomic E-state index is 5.40. The van der Waals surface area contributed by atoms with Gasteiger partial charge in [-0.1, -0.05) is 127 Å². The Bertz CT molecular complexity index is 2930. The van der Waals surface area contributed by atoms with E-state index in [0.717, 1.165) is 39.1 Å². The Kier molecular flexibility index (Phi) is 4.84. The molecule has 2 heterocycles. The van der Waals surface area contributed by atoms with Crippen LogP contribution in [0.15, 0.2) is 152 Å². The molecule has 0 atom stereocenters. The van der Waals surface area contributed by atoms with E-state index in [2.05, 4.69) is 144 Å². The van der Waals surface area contributed by atoms with Gasteiger partial charge in [-0.15, -0.1) is 0 Å². The summed E-state index contributed by atoms with van der Waals surface area (Å²) in [7, 11) is 0. The number of fused-ring (bicyclic) bond motifs is 2. The normalized spacial score (nSPS) is 12.3. The summed E-state index contributed by atoms with van der Waals surface area (Å²) < 4.78 is 2.37. The summed E-state index contributed by atoms with van der Waals surface area (Å²) in [5, 5.41) is 10.3. The van der Waals surface area contributed by atoms with Gasteiger partial charge in [-0.25, -0.2) is 9.97 Å². The Morgan fingerprint density at radius 1 is 0.362 bits per heavy atom. The predicted octanol–water partition coefficient (Wildman–Crippen LogP) is 11.5. The van der Waals surface area contributed by atoms with Crippen molar-refractivity contribution in [2.24, 2.45) is 0 Å². The SMILES string of the molecule is c1ccc(-c2ccc3c4c2-c2cccc5ccc6ccc7ccc(c4c7c6c25)n3-c2nc3ccccc3nc2-c2ccccc2)cc1. The highest BCUT2D eigenvalue weighted by Crippen LogP contribution is 2.52. The zero-order chi connectivity index (χ0) is 30.6. The lowest BCUT2D eigenvalue weighted by Crippen LogP contribution is -2.04. The molecule has 10 aromatic rings. The third-order valence-corrected chi connectivity index (χ3v) is 10.1. The zero-order valence-corrected chi connectivity index (χ0v) is 25.3. The zero-order valence-electron chi connectivity index (χ0n) is 25.3. The number of hydrogen-bond donors (Lipinski definition) is 0. The Balaban J connectivity index is 1.42. The molecule has 0 bridgehead atoms. The average Bonchev–Trinajstić information content (AvgIpc) is 3.41. The van der Waals surface area contributed by atoms with Crippen LogP contribution in [0.3, 0.4) is 0 Å². The number of rotatable bonds is 3. The van der Waals surface area contributed by atoms with Crippen molar-refractivity contribution in [2.75, 3.05) is 0 Å². The first-order valence-electron chi connectivity index (χ1n) is 16.1. The highest BCUT2D eigenvalue weighted by atomic mass is 15.1. The van der Waals surface area contributed by atoms with Gasteiger partial charge in [0.1, 0.15) is 5.69 Å². The quantitative estimate of drug-likeness (QED) is 0.190. The van der Waals surface area contributed by atoms with Gasteiger partial charge in [0.15, 0.2) is 5.82 Å². The van der Waals surface area contributed by atoms with Crippen LogP contribution >= 0.6 is 0 Å². The fraction of sp³-hybridized carbons (Fsp3) is 0. The molecule has 8 aromatic carbocycles. The fourth-order valence-electron chi connectivity index (χ4n) is 8.11. The van der Waals surface area contributed by atoms with Gasteiger partial charge >= 0.3 is 0 Å². The van der Waals surface area contributed by atoms with Crippen molar-refractivity contribution in [3.05, 3.63) is 152 Å². The summed E-state index contributed by atoms with van der Waals surface area (Å²) in [6, 6.07) is 54.6. The van der Waals surface area contributed by atoms with Crippen molar-refractivity contribution >= 4 is 65.2 Å². The first kappa shape index (κ1) is 24.9. The highest BCUT2D eigenvalue weighted by molar-refractivity contribution is 6.39. The topological polar surface area (TPSA) is 30.7 Å². The monoisotopic (exact) mass is 595 g/mol. The van der Waals surface area contributed by atoms with Gasteiger partial charge < -0.3 is 0 Å². The van der Waals surface area contributed by atoms with Crippen LogP contribution in [0.25, 0.3) is 104 Å². The second kappa shape index (κ2) is 9.12. The summed E-state index contributed by atoms with van der Waals surface area (Å²) in [5.74, 6) is 0.840. The number of para-hydroxylation sites is 2. The fourth-order valence-corrected chi connectivity index (χ4v) is 8.11. The van der Waals surface area contributed by atoms with E-state index in [4.69, 9.17) is 9.97 Å². The summed E-state index contributed by atoms with van der Waals surface area (Å²) in [6.07, 6.45) is 0. The van der Waals surface area contributed by atoms with Crippen LogP contribution < -0.4 is 0 Å². The molecule has 3 heteroatoms. The van der Waals surface area contributed by atoms with Crippen LogP contribution in [0.4, 0.5) is 0 Å². The molecule has 2 aromatic heterocycles. The summed E-state index contributed by atoms with van der Waals surface area (Å²) in [6.45, 7) is 0. The molecule has 11 rings (SSSR count). The summed E-state index contributed by atoms with van der Waals surface area (Å²) >= 11 is 0. The number of hydrogen-bond acceptors (Lipinski definition) is 2. The first-order valence-corrected chi connectivity index (χ1v) is 16.1.